The Morgan fingerprint density at radius 3 is 2.09 bits per heavy atom. The van der Waals surface area contributed by atoms with Gasteiger partial charge in [-0.25, -0.2) is 0 Å². The Kier molecular flexibility index (Phi) is 5.77. The van der Waals surface area contributed by atoms with Crippen LogP contribution in [0.25, 0.3) is 0 Å². The molecule has 1 unspecified atom stereocenters. The highest BCUT2D eigenvalue weighted by atomic mass is 16.3. The minimum Gasteiger partial charge on any atom is -0.384 e. The predicted molar refractivity (Wildman–Crippen MR) is 89.1 cm³/mol. The number of piperazine rings is 1. The van der Waals surface area contributed by atoms with Crippen LogP contribution in [-0.2, 0) is 16.0 Å². The maximum absolute atomic E-state index is 12.3. The summed E-state index contributed by atoms with van der Waals surface area (Å²) < 4.78 is 0. The molecule has 0 radical (unpaired) electrons. The van der Waals surface area contributed by atoms with E-state index < -0.39 is 6.10 Å². The molecule has 1 aromatic carbocycles. The van der Waals surface area contributed by atoms with Crippen molar-refractivity contribution >= 4 is 11.8 Å². The van der Waals surface area contributed by atoms with Gasteiger partial charge in [0, 0.05) is 32.6 Å². The molecule has 1 aliphatic rings. The van der Waals surface area contributed by atoms with Crippen LogP contribution in [0.1, 0.15) is 30.0 Å². The highest BCUT2D eigenvalue weighted by Gasteiger charge is 2.25. The number of carbonyl (C=O) groups is 2. The SMILES string of the molecule is Cc1cc(C)cc(CCC(=O)N2CCN(C(=O)C(C)O)CC2)c1. The van der Waals surface area contributed by atoms with Crippen molar-refractivity contribution in [3.8, 4) is 0 Å². The van der Waals surface area contributed by atoms with E-state index in [4.69, 9.17) is 0 Å². The molecule has 1 fully saturated rings. The Bertz CT molecular complexity index is 555. The summed E-state index contributed by atoms with van der Waals surface area (Å²) in [6, 6.07) is 6.38. The molecule has 0 bridgehead atoms. The molecule has 1 N–H and O–H groups in total. The van der Waals surface area contributed by atoms with Crippen LogP contribution in [-0.4, -0.2) is 59.0 Å². The van der Waals surface area contributed by atoms with Gasteiger partial charge in [0.2, 0.25) is 5.91 Å². The maximum Gasteiger partial charge on any atom is 0.251 e. The molecule has 1 aliphatic heterocycles. The number of carbonyl (C=O) groups excluding carboxylic acids is 2. The average molecular weight is 318 g/mol. The van der Waals surface area contributed by atoms with Crippen molar-refractivity contribution in [2.75, 3.05) is 26.2 Å². The molecule has 2 rings (SSSR count). The topological polar surface area (TPSA) is 60.9 Å². The van der Waals surface area contributed by atoms with Crippen LogP contribution in [0.15, 0.2) is 18.2 Å². The smallest absolute Gasteiger partial charge is 0.251 e. The van der Waals surface area contributed by atoms with E-state index >= 15 is 0 Å². The first-order valence-corrected chi connectivity index (χ1v) is 8.18. The van der Waals surface area contributed by atoms with Crippen LogP contribution < -0.4 is 0 Å². The van der Waals surface area contributed by atoms with Gasteiger partial charge in [-0.1, -0.05) is 29.3 Å². The van der Waals surface area contributed by atoms with E-state index in [-0.39, 0.29) is 11.8 Å². The second-order valence-electron chi connectivity index (χ2n) is 6.38. The van der Waals surface area contributed by atoms with Gasteiger partial charge in [0.15, 0.2) is 0 Å². The van der Waals surface area contributed by atoms with Crippen molar-refractivity contribution in [2.45, 2.75) is 39.7 Å². The number of benzene rings is 1. The summed E-state index contributed by atoms with van der Waals surface area (Å²) in [5.41, 5.74) is 3.63. The van der Waals surface area contributed by atoms with Gasteiger partial charge in [0.25, 0.3) is 5.91 Å². The number of aryl methyl sites for hydroxylation is 3. The maximum atomic E-state index is 12.3. The second-order valence-corrected chi connectivity index (χ2v) is 6.38. The molecule has 0 saturated carbocycles. The molecule has 126 valence electrons. The largest absolute Gasteiger partial charge is 0.384 e. The zero-order valence-electron chi connectivity index (χ0n) is 14.2. The standard InChI is InChI=1S/C18H26N2O3/c1-13-10-14(2)12-16(11-13)4-5-17(22)19-6-8-20(9-7-19)18(23)15(3)21/h10-12,15,21H,4-9H2,1-3H3. The Morgan fingerprint density at radius 2 is 1.57 bits per heavy atom. The first-order chi connectivity index (χ1) is 10.9. The molecule has 5 nitrogen and oxygen atoms in total. The van der Waals surface area contributed by atoms with Gasteiger partial charge in [0.1, 0.15) is 6.10 Å². The van der Waals surface area contributed by atoms with Crippen LogP contribution >= 0.6 is 0 Å². The lowest BCUT2D eigenvalue weighted by molar-refractivity contribution is -0.144. The van der Waals surface area contributed by atoms with Gasteiger partial charge < -0.3 is 14.9 Å². The Morgan fingerprint density at radius 1 is 1.04 bits per heavy atom. The molecule has 1 heterocycles. The number of nitrogens with zero attached hydrogens (tertiary/aromatic N) is 2. The third-order valence-electron chi connectivity index (χ3n) is 4.21. The lowest BCUT2D eigenvalue weighted by atomic mass is 10.0. The fourth-order valence-corrected chi connectivity index (χ4v) is 3.06. The third kappa shape index (κ3) is 4.79. The third-order valence-corrected chi connectivity index (χ3v) is 4.21. The van der Waals surface area contributed by atoms with E-state index in [9.17, 15) is 14.7 Å². The molecule has 5 heteroatoms. The normalized spacial score (nSPS) is 16.3. The van der Waals surface area contributed by atoms with Crippen molar-refractivity contribution in [2.24, 2.45) is 0 Å². The van der Waals surface area contributed by atoms with Crippen LogP contribution in [0.5, 0.6) is 0 Å². The van der Waals surface area contributed by atoms with Crippen LogP contribution in [0.3, 0.4) is 0 Å². The molecule has 1 saturated heterocycles. The molecular weight excluding hydrogens is 292 g/mol. The summed E-state index contributed by atoms with van der Waals surface area (Å²) in [7, 11) is 0. The van der Waals surface area contributed by atoms with Gasteiger partial charge in [-0.2, -0.15) is 0 Å². The second kappa shape index (κ2) is 7.59. The van der Waals surface area contributed by atoms with E-state index in [1.165, 1.54) is 23.6 Å². The summed E-state index contributed by atoms with van der Waals surface area (Å²) in [5.74, 6) is -0.124. The van der Waals surface area contributed by atoms with Crippen molar-refractivity contribution in [1.29, 1.82) is 0 Å². The quantitative estimate of drug-likeness (QED) is 0.910. The first-order valence-electron chi connectivity index (χ1n) is 8.18. The number of rotatable bonds is 4. The summed E-state index contributed by atoms with van der Waals surface area (Å²) in [6.07, 6.45) is 0.267. The van der Waals surface area contributed by atoms with E-state index in [1.807, 2.05) is 4.90 Å². The number of hydrogen-bond donors (Lipinski definition) is 1. The fourth-order valence-electron chi connectivity index (χ4n) is 3.06. The van der Waals surface area contributed by atoms with Gasteiger partial charge in [-0.3, -0.25) is 9.59 Å². The lowest BCUT2D eigenvalue weighted by Gasteiger charge is -2.35. The Hall–Kier alpha value is -1.88. The van der Waals surface area contributed by atoms with Crippen molar-refractivity contribution in [3.63, 3.8) is 0 Å². The minimum atomic E-state index is -0.971. The van der Waals surface area contributed by atoms with Gasteiger partial charge in [-0.15, -0.1) is 0 Å². The molecule has 1 aromatic rings. The van der Waals surface area contributed by atoms with Gasteiger partial charge >= 0.3 is 0 Å². The zero-order valence-corrected chi connectivity index (χ0v) is 14.2. The molecule has 0 aromatic heterocycles. The van der Waals surface area contributed by atoms with Crippen LogP contribution in [0, 0.1) is 13.8 Å². The molecule has 23 heavy (non-hydrogen) atoms. The van der Waals surface area contributed by atoms with Crippen molar-refractivity contribution < 1.29 is 14.7 Å². The van der Waals surface area contributed by atoms with Gasteiger partial charge in [0.05, 0.1) is 0 Å². The predicted octanol–water partition coefficient (Wildman–Crippen LogP) is 1.29. The van der Waals surface area contributed by atoms with E-state index in [1.54, 1.807) is 4.90 Å². The molecular formula is C18H26N2O3. The average Bonchev–Trinajstić information content (AvgIpc) is 2.51. The monoisotopic (exact) mass is 318 g/mol. The summed E-state index contributed by atoms with van der Waals surface area (Å²) in [4.78, 5) is 27.5. The molecule has 1 atom stereocenters. The van der Waals surface area contributed by atoms with E-state index in [2.05, 4.69) is 32.0 Å². The minimum absolute atomic E-state index is 0.133. The van der Waals surface area contributed by atoms with Crippen LogP contribution in [0.4, 0.5) is 0 Å². The van der Waals surface area contributed by atoms with E-state index in [0.717, 1.165) is 6.42 Å². The number of hydrogen-bond acceptors (Lipinski definition) is 3. The van der Waals surface area contributed by atoms with Gasteiger partial charge in [-0.05, 0) is 32.8 Å². The highest BCUT2D eigenvalue weighted by molar-refractivity contribution is 5.81. The van der Waals surface area contributed by atoms with Crippen LogP contribution in [0.2, 0.25) is 0 Å². The highest BCUT2D eigenvalue weighted by Crippen LogP contribution is 2.12. The Balaban J connectivity index is 1.82. The van der Waals surface area contributed by atoms with Crippen molar-refractivity contribution in [1.82, 2.24) is 9.80 Å². The Labute approximate surface area is 137 Å². The van der Waals surface area contributed by atoms with Crippen molar-refractivity contribution in [3.05, 3.63) is 34.9 Å². The summed E-state index contributed by atoms with van der Waals surface area (Å²) in [6.45, 7) is 7.70. The summed E-state index contributed by atoms with van der Waals surface area (Å²) in [5, 5.41) is 9.33. The van der Waals surface area contributed by atoms with E-state index in [0.29, 0.717) is 32.6 Å². The first kappa shape index (κ1) is 17.5. The zero-order chi connectivity index (χ0) is 17.0. The lowest BCUT2D eigenvalue weighted by Crippen LogP contribution is -2.52. The molecule has 2 amide bonds. The molecule has 0 aliphatic carbocycles. The number of aliphatic hydroxyl groups is 1. The number of aliphatic hydroxyl groups excluding tert-OH is 1. The molecule has 0 spiro atoms. The number of amides is 2. The summed E-state index contributed by atoms with van der Waals surface area (Å²) >= 11 is 0. The fraction of sp³-hybridized carbons (Fsp3) is 0.556.